The minimum Gasteiger partial charge on any atom is -0.476 e. The highest BCUT2D eigenvalue weighted by Gasteiger charge is 2.10. The highest BCUT2D eigenvalue weighted by molar-refractivity contribution is 7.98. The number of aromatic nitrogens is 1. The number of nitrogens with zero attached hydrogens (tertiary/aromatic N) is 2. The maximum Gasteiger partial charge on any atom is 0.213 e. The fourth-order valence-corrected chi connectivity index (χ4v) is 3.23. The van der Waals surface area contributed by atoms with Crippen molar-refractivity contribution in [1.29, 1.82) is 0 Å². The summed E-state index contributed by atoms with van der Waals surface area (Å²) in [6.07, 6.45) is 3.98. The number of rotatable bonds is 6. The molecule has 2 aromatic rings. The first-order valence-electron chi connectivity index (χ1n) is 7.89. The van der Waals surface area contributed by atoms with Crippen LogP contribution in [0.15, 0.2) is 47.5 Å². The Bertz CT molecular complexity index is 613. The standard InChI is InChI=1S/C18H22N2O2S/c1-23-17-5-3-2-4-16(17)15-6-7-18(19-14-15)22-13-10-20-8-11-21-12-9-20/h2-7,14H,8-13H2,1H3. The molecule has 1 aromatic carbocycles. The molecule has 1 aromatic heterocycles. The predicted molar refractivity (Wildman–Crippen MR) is 94.2 cm³/mol. The summed E-state index contributed by atoms with van der Waals surface area (Å²) in [5.41, 5.74) is 2.34. The Morgan fingerprint density at radius 2 is 2.00 bits per heavy atom. The Morgan fingerprint density at radius 3 is 2.74 bits per heavy atom. The molecule has 0 N–H and O–H groups in total. The zero-order valence-corrected chi connectivity index (χ0v) is 14.2. The average Bonchev–Trinajstić information content (AvgIpc) is 2.63. The molecule has 5 heteroatoms. The van der Waals surface area contributed by atoms with Crippen molar-refractivity contribution in [2.75, 3.05) is 45.7 Å². The van der Waals surface area contributed by atoms with E-state index < -0.39 is 0 Å². The van der Waals surface area contributed by atoms with Crippen LogP contribution in [-0.2, 0) is 4.74 Å². The minimum atomic E-state index is 0.660. The van der Waals surface area contributed by atoms with Gasteiger partial charge in [-0.1, -0.05) is 18.2 Å². The lowest BCUT2D eigenvalue weighted by atomic mass is 10.1. The maximum absolute atomic E-state index is 5.76. The van der Waals surface area contributed by atoms with Crippen LogP contribution in [0.5, 0.6) is 5.88 Å². The van der Waals surface area contributed by atoms with E-state index in [1.807, 2.05) is 12.3 Å². The fraction of sp³-hybridized carbons (Fsp3) is 0.389. The van der Waals surface area contributed by atoms with E-state index in [1.165, 1.54) is 10.5 Å². The predicted octanol–water partition coefficient (Wildman–Crippen LogP) is 3.18. The molecule has 1 aliphatic heterocycles. The highest BCUT2D eigenvalue weighted by Crippen LogP contribution is 2.29. The van der Waals surface area contributed by atoms with Gasteiger partial charge in [-0.3, -0.25) is 4.90 Å². The number of benzene rings is 1. The number of hydrogen-bond donors (Lipinski definition) is 0. The van der Waals surface area contributed by atoms with Crippen LogP contribution >= 0.6 is 11.8 Å². The number of morpholine rings is 1. The van der Waals surface area contributed by atoms with Gasteiger partial charge in [0.25, 0.3) is 0 Å². The molecule has 0 saturated carbocycles. The molecule has 1 aliphatic rings. The maximum atomic E-state index is 5.76. The SMILES string of the molecule is CSc1ccccc1-c1ccc(OCCN2CCOCC2)nc1. The third-order valence-corrected chi connectivity index (χ3v) is 4.71. The number of ether oxygens (including phenoxy) is 2. The quantitative estimate of drug-likeness (QED) is 0.760. The van der Waals surface area contributed by atoms with E-state index in [9.17, 15) is 0 Å². The first-order valence-corrected chi connectivity index (χ1v) is 9.11. The first-order chi connectivity index (χ1) is 11.4. The van der Waals surface area contributed by atoms with Crippen LogP contribution in [-0.4, -0.2) is 55.6 Å². The molecule has 4 nitrogen and oxygen atoms in total. The van der Waals surface area contributed by atoms with E-state index in [1.54, 1.807) is 11.8 Å². The minimum absolute atomic E-state index is 0.660. The van der Waals surface area contributed by atoms with Gasteiger partial charge in [0, 0.05) is 42.4 Å². The van der Waals surface area contributed by atoms with Crippen LogP contribution in [0, 0.1) is 0 Å². The second-order valence-corrected chi connectivity index (χ2v) is 6.24. The number of hydrogen-bond acceptors (Lipinski definition) is 5. The first kappa shape index (κ1) is 16.3. The molecule has 2 heterocycles. The Labute approximate surface area is 141 Å². The molecule has 122 valence electrons. The molecular weight excluding hydrogens is 308 g/mol. The molecule has 0 spiro atoms. The van der Waals surface area contributed by atoms with Crippen LogP contribution in [0.25, 0.3) is 11.1 Å². The van der Waals surface area contributed by atoms with Crippen molar-refractivity contribution in [1.82, 2.24) is 9.88 Å². The molecular formula is C18H22N2O2S. The Morgan fingerprint density at radius 1 is 1.17 bits per heavy atom. The van der Waals surface area contributed by atoms with E-state index in [4.69, 9.17) is 9.47 Å². The second-order valence-electron chi connectivity index (χ2n) is 5.39. The van der Waals surface area contributed by atoms with Gasteiger partial charge in [-0.15, -0.1) is 11.8 Å². The van der Waals surface area contributed by atoms with Crippen LogP contribution < -0.4 is 4.74 Å². The third kappa shape index (κ3) is 4.47. The molecule has 0 bridgehead atoms. The molecule has 0 amide bonds. The van der Waals surface area contributed by atoms with Gasteiger partial charge in [0.05, 0.1) is 13.2 Å². The van der Waals surface area contributed by atoms with Gasteiger partial charge in [-0.2, -0.15) is 0 Å². The van der Waals surface area contributed by atoms with Gasteiger partial charge in [-0.05, 0) is 24.0 Å². The molecule has 1 fully saturated rings. The van der Waals surface area contributed by atoms with Crippen molar-refractivity contribution in [3.05, 3.63) is 42.6 Å². The van der Waals surface area contributed by atoms with Gasteiger partial charge in [0.15, 0.2) is 0 Å². The van der Waals surface area contributed by atoms with Crippen LogP contribution in [0.1, 0.15) is 0 Å². The van der Waals surface area contributed by atoms with Crippen molar-refractivity contribution in [2.24, 2.45) is 0 Å². The zero-order chi connectivity index (χ0) is 15.9. The van der Waals surface area contributed by atoms with E-state index in [0.717, 1.165) is 38.4 Å². The van der Waals surface area contributed by atoms with Crippen LogP contribution in [0.3, 0.4) is 0 Å². The largest absolute Gasteiger partial charge is 0.476 e. The monoisotopic (exact) mass is 330 g/mol. The molecule has 0 atom stereocenters. The normalized spacial score (nSPS) is 15.5. The molecule has 0 unspecified atom stereocenters. The van der Waals surface area contributed by atoms with E-state index in [-0.39, 0.29) is 0 Å². The summed E-state index contributed by atoms with van der Waals surface area (Å²) in [4.78, 5) is 8.05. The zero-order valence-electron chi connectivity index (χ0n) is 13.4. The van der Waals surface area contributed by atoms with Crippen LogP contribution in [0.4, 0.5) is 0 Å². The summed E-state index contributed by atoms with van der Waals surface area (Å²) in [7, 11) is 0. The summed E-state index contributed by atoms with van der Waals surface area (Å²) in [6, 6.07) is 12.4. The van der Waals surface area contributed by atoms with Crippen molar-refractivity contribution < 1.29 is 9.47 Å². The van der Waals surface area contributed by atoms with Crippen LogP contribution in [0.2, 0.25) is 0 Å². The Hall–Kier alpha value is -1.56. The fourth-order valence-electron chi connectivity index (χ4n) is 2.61. The highest BCUT2D eigenvalue weighted by atomic mass is 32.2. The smallest absolute Gasteiger partial charge is 0.213 e. The van der Waals surface area contributed by atoms with Gasteiger partial charge < -0.3 is 9.47 Å². The number of pyridine rings is 1. The topological polar surface area (TPSA) is 34.6 Å². The summed E-state index contributed by atoms with van der Waals surface area (Å²) in [6.45, 7) is 5.20. The lowest BCUT2D eigenvalue weighted by Crippen LogP contribution is -2.38. The van der Waals surface area contributed by atoms with Gasteiger partial charge in [0.1, 0.15) is 6.61 Å². The van der Waals surface area contributed by atoms with Gasteiger partial charge >= 0.3 is 0 Å². The summed E-state index contributed by atoms with van der Waals surface area (Å²) < 4.78 is 11.1. The van der Waals surface area contributed by atoms with E-state index in [0.29, 0.717) is 12.5 Å². The molecule has 0 radical (unpaired) electrons. The number of thioether (sulfide) groups is 1. The average molecular weight is 330 g/mol. The van der Waals surface area contributed by atoms with E-state index in [2.05, 4.69) is 46.5 Å². The molecule has 0 aliphatic carbocycles. The lowest BCUT2D eigenvalue weighted by molar-refractivity contribution is 0.0320. The van der Waals surface area contributed by atoms with Crippen molar-refractivity contribution >= 4 is 11.8 Å². The molecule has 1 saturated heterocycles. The summed E-state index contributed by atoms with van der Waals surface area (Å²) in [5, 5.41) is 0. The van der Waals surface area contributed by atoms with Crippen molar-refractivity contribution in [3.8, 4) is 17.0 Å². The van der Waals surface area contributed by atoms with Crippen molar-refractivity contribution in [3.63, 3.8) is 0 Å². The molecule has 3 rings (SSSR count). The van der Waals surface area contributed by atoms with Gasteiger partial charge in [0.2, 0.25) is 5.88 Å². The Balaban J connectivity index is 1.56. The summed E-state index contributed by atoms with van der Waals surface area (Å²) >= 11 is 1.75. The lowest BCUT2D eigenvalue weighted by Gasteiger charge is -2.26. The second kappa shape index (κ2) is 8.34. The Kier molecular flexibility index (Phi) is 5.91. The molecule has 23 heavy (non-hydrogen) atoms. The van der Waals surface area contributed by atoms with E-state index >= 15 is 0 Å². The third-order valence-electron chi connectivity index (χ3n) is 3.92. The van der Waals surface area contributed by atoms with Gasteiger partial charge in [-0.25, -0.2) is 4.98 Å². The van der Waals surface area contributed by atoms with Crippen molar-refractivity contribution in [2.45, 2.75) is 4.90 Å². The summed E-state index contributed by atoms with van der Waals surface area (Å²) in [5.74, 6) is 0.684.